The van der Waals surface area contributed by atoms with Crippen LogP contribution < -0.4 is 10.1 Å². The molecule has 4 aromatic carbocycles. The van der Waals surface area contributed by atoms with E-state index in [9.17, 15) is 14.0 Å². The first-order chi connectivity index (χ1) is 18.3. The summed E-state index contributed by atoms with van der Waals surface area (Å²) in [5.74, 6) is -0.658. The van der Waals surface area contributed by atoms with E-state index in [1.165, 1.54) is 11.0 Å². The average molecular weight is 577 g/mol. The fraction of sp³-hybridized carbons (Fsp3) is 0.226. The Labute approximate surface area is 230 Å². The maximum absolute atomic E-state index is 14.7. The van der Waals surface area contributed by atoms with Gasteiger partial charge >= 0.3 is 0 Å². The molecule has 0 fully saturated rings. The van der Waals surface area contributed by atoms with Gasteiger partial charge in [0, 0.05) is 24.6 Å². The smallest absolute Gasteiger partial charge is 0.261 e. The van der Waals surface area contributed by atoms with E-state index in [1.54, 1.807) is 24.3 Å². The van der Waals surface area contributed by atoms with Crippen LogP contribution in [0.4, 0.5) is 4.39 Å². The molecule has 38 heavy (non-hydrogen) atoms. The number of ether oxygens (including phenoxy) is 1. The van der Waals surface area contributed by atoms with Crippen molar-refractivity contribution >= 4 is 38.5 Å². The SMILES string of the molecule is CC(C)NC(=O)[C@H](Cc1ccccc1)N(Cc1ccccc1F)C(=O)COc1ccc2ccccc2c1Br. The number of carbonyl (C=O) groups is 2. The highest BCUT2D eigenvalue weighted by Gasteiger charge is 2.31. The van der Waals surface area contributed by atoms with E-state index in [1.807, 2.05) is 74.5 Å². The van der Waals surface area contributed by atoms with Crippen LogP contribution in [0.3, 0.4) is 0 Å². The third-order valence-corrected chi connectivity index (χ3v) is 7.00. The maximum Gasteiger partial charge on any atom is 0.261 e. The molecule has 0 saturated carbocycles. The first kappa shape index (κ1) is 27.3. The molecule has 1 N–H and O–H groups in total. The number of nitrogens with one attached hydrogen (secondary N) is 1. The van der Waals surface area contributed by atoms with E-state index in [0.29, 0.717) is 11.3 Å². The van der Waals surface area contributed by atoms with E-state index in [2.05, 4.69) is 21.2 Å². The fourth-order valence-corrected chi connectivity index (χ4v) is 4.90. The molecule has 0 saturated heterocycles. The Kier molecular flexibility index (Phi) is 9.13. The summed E-state index contributed by atoms with van der Waals surface area (Å²) in [5.41, 5.74) is 1.21. The van der Waals surface area contributed by atoms with E-state index in [-0.39, 0.29) is 31.5 Å². The first-order valence-corrected chi connectivity index (χ1v) is 13.3. The van der Waals surface area contributed by atoms with Gasteiger partial charge in [-0.15, -0.1) is 0 Å². The van der Waals surface area contributed by atoms with Crippen molar-refractivity contribution in [1.82, 2.24) is 10.2 Å². The molecular weight excluding hydrogens is 547 g/mol. The van der Waals surface area contributed by atoms with Crippen LogP contribution >= 0.6 is 15.9 Å². The molecule has 0 bridgehead atoms. The van der Waals surface area contributed by atoms with Crippen molar-refractivity contribution in [2.45, 2.75) is 38.9 Å². The average Bonchev–Trinajstić information content (AvgIpc) is 2.91. The summed E-state index contributed by atoms with van der Waals surface area (Å²) in [7, 11) is 0. The van der Waals surface area contributed by atoms with Crippen LogP contribution in [0.15, 0.2) is 95.5 Å². The maximum atomic E-state index is 14.7. The fourth-order valence-electron chi connectivity index (χ4n) is 4.29. The number of hydrogen-bond donors (Lipinski definition) is 1. The molecule has 7 heteroatoms. The van der Waals surface area contributed by atoms with Crippen molar-refractivity contribution in [3.63, 3.8) is 0 Å². The number of rotatable bonds is 10. The molecule has 0 radical (unpaired) electrons. The zero-order chi connectivity index (χ0) is 27.1. The molecule has 0 spiro atoms. The van der Waals surface area contributed by atoms with Gasteiger partial charge in [0.25, 0.3) is 5.91 Å². The predicted molar refractivity (Wildman–Crippen MR) is 151 cm³/mol. The number of carbonyl (C=O) groups excluding carboxylic acids is 2. The molecular formula is C31H30BrFN2O3. The lowest BCUT2D eigenvalue weighted by atomic mass is 10.0. The third-order valence-electron chi connectivity index (χ3n) is 6.18. The Morgan fingerprint density at radius 2 is 1.61 bits per heavy atom. The van der Waals surface area contributed by atoms with Gasteiger partial charge in [-0.3, -0.25) is 9.59 Å². The molecule has 4 aromatic rings. The highest BCUT2D eigenvalue weighted by Crippen LogP contribution is 2.33. The van der Waals surface area contributed by atoms with Crippen LogP contribution in [-0.4, -0.2) is 35.4 Å². The van der Waals surface area contributed by atoms with Crippen LogP contribution in [0.1, 0.15) is 25.0 Å². The number of amides is 2. The second-order valence-electron chi connectivity index (χ2n) is 9.37. The van der Waals surface area contributed by atoms with Crippen LogP contribution in [0.5, 0.6) is 5.75 Å². The van der Waals surface area contributed by atoms with Crippen LogP contribution in [0.25, 0.3) is 10.8 Å². The van der Waals surface area contributed by atoms with Gasteiger partial charge in [-0.2, -0.15) is 0 Å². The summed E-state index contributed by atoms with van der Waals surface area (Å²) in [6.45, 7) is 3.34. The lowest BCUT2D eigenvalue weighted by molar-refractivity contribution is -0.143. The first-order valence-electron chi connectivity index (χ1n) is 12.5. The van der Waals surface area contributed by atoms with Gasteiger partial charge in [0.05, 0.1) is 4.47 Å². The summed E-state index contributed by atoms with van der Waals surface area (Å²) in [4.78, 5) is 28.5. The second-order valence-corrected chi connectivity index (χ2v) is 10.2. The van der Waals surface area contributed by atoms with E-state index in [0.717, 1.165) is 20.8 Å². The van der Waals surface area contributed by atoms with E-state index in [4.69, 9.17) is 4.74 Å². The van der Waals surface area contributed by atoms with Gasteiger partial charge in [-0.25, -0.2) is 4.39 Å². The van der Waals surface area contributed by atoms with Gasteiger partial charge in [0.1, 0.15) is 17.6 Å². The number of halogens is 2. The molecule has 0 aliphatic heterocycles. The van der Waals surface area contributed by atoms with Gasteiger partial charge in [0.15, 0.2) is 6.61 Å². The minimum absolute atomic E-state index is 0.0726. The van der Waals surface area contributed by atoms with Crippen molar-refractivity contribution in [2.24, 2.45) is 0 Å². The summed E-state index contributed by atoms with van der Waals surface area (Å²) in [6.07, 6.45) is 0.277. The van der Waals surface area contributed by atoms with E-state index >= 15 is 0 Å². The van der Waals surface area contributed by atoms with Crippen LogP contribution in [0, 0.1) is 5.82 Å². The zero-order valence-electron chi connectivity index (χ0n) is 21.4. The Balaban J connectivity index is 1.65. The van der Waals surface area contributed by atoms with Crippen molar-refractivity contribution < 1.29 is 18.7 Å². The normalized spacial score (nSPS) is 11.8. The van der Waals surface area contributed by atoms with Gasteiger partial charge in [-0.1, -0.05) is 78.9 Å². The van der Waals surface area contributed by atoms with Gasteiger partial charge in [0.2, 0.25) is 5.91 Å². The quantitative estimate of drug-likeness (QED) is 0.241. The molecule has 4 rings (SSSR count). The van der Waals surface area contributed by atoms with Crippen LogP contribution in [-0.2, 0) is 22.6 Å². The highest BCUT2D eigenvalue weighted by molar-refractivity contribution is 9.10. The molecule has 2 amide bonds. The largest absolute Gasteiger partial charge is 0.483 e. The lowest BCUT2D eigenvalue weighted by Crippen LogP contribution is -2.53. The molecule has 0 heterocycles. The minimum Gasteiger partial charge on any atom is -0.483 e. The number of fused-ring (bicyclic) bond motifs is 1. The van der Waals surface area contributed by atoms with Crippen LogP contribution in [0.2, 0.25) is 0 Å². The van der Waals surface area contributed by atoms with Crippen molar-refractivity contribution in [3.05, 3.63) is 112 Å². The predicted octanol–water partition coefficient (Wildman–Crippen LogP) is 6.28. The minimum atomic E-state index is -0.865. The standard InChI is InChI=1S/C31H30BrFN2O3/c1-21(2)34-31(37)27(18-22-10-4-3-5-11-22)35(19-24-13-7-9-15-26(24)33)29(36)20-38-28-17-16-23-12-6-8-14-25(23)30(28)32/h3-17,21,27H,18-20H2,1-2H3,(H,34,37)/t27-/m0/s1. The monoisotopic (exact) mass is 576 g/mol. The molecule has 196 valence electrons. The van der Waals surface area contributed by atoms with Crippen molar-refractivity contribution in [3.8, 4) is 5.75 Å². The summed E-state index contributed by atoms with van der Waals surface area (Å²) >= 11 is 3.59. The zero-order valence-corrected chi connectivity index (χ0v) is 23.0. The molecule has 0 aliphatic rings. The van der Waals surface area contributed by atoms with E-state index < -0.39 is 17.8 Å². The molecule has 1 atom stereocenters. The molecule has 0 aromatic heterocycles. The van der Waals surface area contributed by atoms with Crippen molar-refractivity contribution in [1.29, 1.82) is 0 Å². The van der Waals surface area contributed by atoms with Gasteiger partial charge < -0.3 is 15.0 Å². The summed E-state index contributed by atoms with van der Waals surface area (Å²) in [5, 5.41) is 4.92. The Hall–Kier alpha value is -3.71. The summed E-state index contributed by atoms with van der Waals surface area (Å²) in [6, 6.07) is 26.3. The lowest BCUT2D eigenvalue weighted by Gasteiger charge is -2.32. The topological polar surface area (TPSA) is 58.6 Å². The third kappa shape index (κ3) is 6.78. The van der Waals surface area contributed by atoms with Gasteiger partial charge in [-0.05, 0) is 58.2 Å². The summed E-state index contributed by atoms with van der Waals surface area (Å²) < 4.78 is 21.4. The Morgan fingerprint density at radius 3 is 2.34 bits per heavy atom. The second kappa shape index (κ2) is 12.7. The molecule has 0 unspecified atom stereocenters. The Morgan fingerprint density at radius 1 is 0.921 bits per heavy atom. The molecule has 0 aliphatic carbocycles. The number of hydrogen-bond acceptors (Lipinski definition) is 3. The Bertz CT molecular complexity index is 1410. The van der Waals surface area contributed by atoms with Crippen molar-refractivity contribution in [2.75, 3.05) is 6.61 Å². The number of nitrogens with zero attached hydrogens (tertiary/aromatic N) is 1. The number of benzene rings is 4. The molecule has 5 nitrogen and oxygen atoms in total. The highest BCUT2D eigenvalue weighted by atomic mass is 79.9.